The molecule has 3 rings (SSSR count). The first-order valence-corrected chi connectivity index (χ1v) is 7.41. The monoisotopic (exact) mass is 286 g/mol. The highest BCUT2D eigenvalue weighted by Crippen LogP contribution is 2.22. The molecule has 21 heavy (non-hydrogen) atoms. The Morgan fingerprint density at radius 2 is 1.52 bits per heavy atom. The number of imide groups is 1. The fourth-order valence-corrected chi connectivity index (χ4v) is 2.94. The van der Waals surface area contributed by atoms with E-state index in [-0.39, 0.29) is 24.3 Å². The van der Waals surface area contributed by atoms with Crippen molar-refractivity contribution in [2.75, 3.05) is 19.6 Å². The van der Waals surface area contributed by atoms with Gasteiger partial charge >= 0.3 is 0 Å². The molecule has 110 valence electrons. The zero-order valence-electron chi connectivity index (χ0n) is 11.9. The summed E-state index contributed by atoms with van der Waals surface area (Å²) in [5, 5.41) is 0. The molecule has 0 radical (unpaired) electrons. The Labute approximate surface area is 123 Å². The number of hydrogen-bond acceptors (Lipinski definition) is 3. The van der Waals surface area contributed by atoms with Crippen molar-refractivity contribution in [2.45, 2.75) is 25.7 Å². The van der Waals surface area contributed by atoms with Gasteiger partial charge in [0, 0.05) is 26.1 Å². The zero-order valence-corrected chi connectivity index (χ0v) is 11.9. The lowest BCUT2D eigenvalue weighted by Gasteiger charge is -2.23. The predicted octanol–water partition coefficient (Wildman–Crippen LogP) is 1.69. The van der Waals surface area contributed by atoms with E-state index < -0.39 is 0 Å². The maximum absolute atomic E-state index is 12.2. The summed E-state index contributed by atoms with van der Waals surface area (Å²) in [4.78, 5) is 39.4. The van der Waals surface area contributed by atoms with Crippen molar-refractivity contribution in [1.82, 2.24) is 9.80 Å². The van der Waals surface area contributed by atoms with Gasteiger partial charge in [0.05, 0.1) is 11.1 Å². The molecular weight excluding hydrogens is 268 g/mol. The lowest BCUT2D eigenvalue weighted by Crippen LogP contribution is -2.40. The normalized spacial score (nSPS) is 19.0. The fourth-order valence-electron chi connectivity index (χ4n) is 2.94. The van der Waals surface area contributed by atoms with E-state index in [9.17, 15) is 14.4 Å². The Hall–Kier alpha value is -2.17. The number of nitrogens with zero attached hydrogens (tertiary/aromatic N) is 2. The molecule has 0 aromatic heterocycles. The van der Waals surface area contributed by atoms with Crippen LogP contribution < -0.4 is 0 Å². The van der Waals surface area contributed by atoms with Crippen LogP contribution in [0.25, 0.3) is 0 Å². The van der Waals surface area contributed by atoms with Crippen LogP contribution in [0.15, 0.2) is 24.3 Å². The number of hydrogen-bond donors (Lipinski definition) is 0. The number of amides is 3. The second-order valence-electron chi connectivity index (χ2n) is 5.50. The lowest BCUT2D eigenvalue weighted by atomic mass is 10.1. The Morgan fingerprint density at radius 3 is 2.19 bits per heavy atom. The second kappa shape index (κ2) is 5.68. The quantitative estimate of drug-likeness (QED) is 0.794. The number of fused-ring (bicyclic) bond motifs is 1. The molecule has 0 saturated carbocycles. The molecule has 5 nitrogen and oxygen atoms in total. The summed E-state index contributed by atoms with van der Waals surface area (Å²) < 4.78 is 0. The van der Waals surface area contributed by atoms with Gasteiger partial charge in [0.15, 0.2) is 0 Å². The molecule has 2 heterocycles. The van der Waals surface area contributed by atoms with Gasteiger partial charge < -0.3 is 4.90 Å². The molecule has 0 spiro atoms. The van der Waals surface area contributed by atoms with Crippen LogP contribution in [0, 0.1) is 0 Å². The zero-order chi connectivity index (χ0) is 14.8. The minimum atomic E-state index is -0.252. The minimum Gasteiger partial charge on any atom is -0.341 e. The van der Waals surface area contributed by atoms with Gasteiger partial charge in [0.25, 0.3) is 11.8 Å². The number of carbonyl (C=O) groups excluding carboxylic acids is 3. The Bertz CT molecular complexity index is 562. The average Bonchev–Trinajstić information content (AvgIpc) is 2.65. The highest BCUT2D eigenvalue weighted by molar-refractivity contribution is 6.21. The number of rotatable bonds is 3. The van der Waals surface area contributed by atoms with Crippen molar-refractivity contribution < 1.29 is 14.4 Å². The third kappa shape index (κ3) is 2.55. The van der Waals surface area contributed by atoms with Crippen LogP contribution in [-0.4, -0.2) is 47.2 Å². The van der Waals surface area contributed by atoms with Crippen molar-refractivity contribution in [3.63, 3.8) is 0 Å². The molecule has 1 aromatic rings. The van der Waals surface area contributed by atoms with Gasteiger partial charge in [-0.05, 0) is 25.0 Å². The van der Waals surface area contributed by atoms with Crippen molar-refractivity contribution >= 4 is 17.7 Å². The molecule has 2 aliphatic heterocycles. The Morgan fingerprint density at radius 1 is 0.857 bits per heavy atom. The number of benzene rings is 1. The summed E-state index contributed by atoms with van der Waals surface area (Å²) >= 11 is 0. The van der Waals surface area contributed by atoms with E-state index in [0.29, 0.717) is 24.1 Å². The van der Waals surface area contributed by atoms with E-state index in [2.05, 4.69) is 0 Å². The summed E-state index contributed by atoms with van der Waals surface area (Å²) in [7, 11) is 0. The van der Waals surface area contributed by atoms with Crippen LogP contribution in [0.1, 0.15) is 46.4 Å². The first-order chi connectivity index (χ1) is 10.2. The van der Waals surface area contributed by atoms with E-state index in [4.69, 9.17) is 0 Å². The van der Waals surface area contributed by atoms with Crippen molar-refractivity contribution in [2.24, 2.45) is 0 Å². The van der Waals surface area contributed by atoms with Crippen LogP contribution in [-0.2, 0) is 4.79 Å². The fraction of sp³-hybridized carbons (Fsp3) is 0.438. The molecule has 1 aromatic carbocycles. The lowest BCUT2D eigenvalue weighted by molar-refractivity contribution is -0.130. The van der Waals surface area contributed by atoms with Crippen LogP contribution in [0.3, 0.4) is 0 Å². The summed E-state index contributed by atoms with van der Waals surface area (Å²) in [6.45, 7) is 1.43. The first-order valence-electron chi connectivity index (χ1n) is 7.41. The molecular formula is C16H18N2O3. The number of carbonyl (C=O) groups is 3. The molecule has 0 unspecified atom stereocenters. The van der Waals surface area contributed by atoms with Gasteiger partial charge in [-0.3, -0.25) is 19.3 Å². The molecule has 2 aliphatic rings. The van der Waals surface area contributed by atoms with E-state index in [1.54, 1.807) is 29.2 Å². The second-order valence-corrected chi connectivity index (χ2v) is 5.50. The Kier molecular flexibility index (Phi) is 3.73. The maximum atomic E-state index is 12.2. The molecule has 0 bridgehead atoms. The molecule has 0 atom stereocenters. The molecule has 0 aliphatic carbocycles. The molecule has 5 heteroatoms. The Balaban J connectivity index is 1.68. The molecule has 1 fully saturated rings. The summed E-state index contributed by atoms with van der Waals surface area (Å²) in [5.74, 6) is -0.375. The van der Waals surface area contributed by atoms with Crippen LogP contribution >= 0.6 is 0 Å². The van der Waals surface area contributed by atoms with Gasteiger partial charge in [0.1, 0.15) is 0 Å². The van der Waals surface area contributed by atoms with Crippen LogP contribution in [0.4, 0.5) is 0 Å². The average molecular weight is 286 g/mol. The maximum Gasteiger partial charge on any atom is 0.261 e. The highest BCUT2D eigenvalue weighted by Gasteiger charge is 2.35. The standard InChI is InChI=1S/C16H18N2O3/c19-14-8-2-1-5-9-17(14)10-11-18-15(20)12-6-3-4-7-13(12)16(18)21/h3-4,6-7H,1-2,5,8-11H2. The summed E-state index contributed by atoms with van der Waals surface area (Å²) in [6, 6.07) is 6.86. The predicted molar refractivity (Wildman–Crippen MR) is 76.9 cm³/mol. The van der Waals surface area contributed by atoms with E-state index in [1.165, 1.54) is 4.90 Å². The summed E-state index contributed by atoms with van der Waals surface area (Å²) in [5.41, 5.74) is 0.925. The van der Waals surface area contributed by atoms with Crippen LogP contribution in [0.2, 0.25) is 0 Å². The van der Waals surface area contributed by atoms with Gasteiger partial charge in [-0.2, -0.15) is 0 Å². The van der Waals surface area contributed by atoms with Crippen molar-refractivity contribution in [3.8, 4) is 0 Å². The van der Waals surface area contributed by atoms with E-state index >= 15 is 0 Å². The van der Waals surface area contributed by atoms with Gasteiger partial charge in [-0.25, -0.2) is 0 Å². The van der Waals surface area contributed by atoms with E-state index in [0.717, 1.165) is 25.8 Å². The van der Waals surface area contributed by atoms with Crippen molar-refractivity contribution in [3.05, 3.63) is 35.4 Å². The van der Waals surface area contributed by atoms with E-state index in [1.807, 2.05) is 0 Å². The highest BCUT2D eigenvalue weighted by atomic mass is 16.2. The molecule has 3 amide bonds. The van der Waals surface area contributed by atoms with Gasteiger partial charge in [-0.1, -0.05) is 18.6 Å². The molecule has 1 saturated heterocycles. The SMILES string of the molecule is O=C1CCCCCN1CCN1C(=O)c2ccccc2C1=O. The smallest absolute Gasteiger partial charge is 0.261 e. The number of likely N-dealkylation sites (tertiary alicyclic amines) is 1. The largest absolute Gasteiger partial charge is 0.341 e. The van der Waals surface area contributed by atoms with Gasteiger partial charge in [-0.15, -0.1) is 0 Å². The third-order valence-corrected chi connectivity index (χ3v) is 4.14. The topological polar surface area (TPSA) is 57.7 Å². The first kappa shape index (κ1) is 13.8. The third-order valence-electron chi connectivity index (χ3n) is 4.14. The summed E-state index contributed by atoms with van der Waals surface area (Å²) in [6.07, 6.45) is 3.56. The van der Waals surface area contributed by atoms with Crippen LogP contribution in [0.5, 0.6) is 0 Å². The van der Waals surface area contributed by atoms with Gasteiger partial charge in [0.2, 0.25) is 5.91 Å². The minimum absolute atomic E-state index is 0.129. The van der Waals surface area contributed by atoms with Crippen molar-refractivity contribution in [1.29, 1.82) is 0 Å². The molecule has 0 N–H and O–H groups in total.